The molecule has 0 fully saturated rings. The Hall–Kier alpha value is -0.740. The number of hydrogen-bond donors (Lipinski definition) is 1. The lowest BCUT2D eigenvalue weighted by Gasteiger charge is -2.12. The Bertz CT molecular complexity index is 342. The number of hydrogen-bond acceptors (Lipinski definition) is 3. The van der Waals surface area contributed by atoms with E-state index in [1.54, 1.807) is 14.2 Å². The van der Waals surface area contributed by atoms with Crippen LogP contribution in [0.4, 0.5) is 0 Å². The molecule has 0 aliphatic carbocycles. The normalized spacial score (nSPS) is 10.2. The van der Waals surface area contributed by atoms with Gasteiger partial charge in [0.15, 0.2) is 0 Å². The first-order valence-electron chi connectivity index (χ1n) is 5.33. The summed E-state index contributed by atoms with van der Waals surface area (Å²) in [6.45, 7) is 0.732. The van der Waals surface area contributed by atoms with Crippen LogP contribution in [0.25, 0.3) is 0 Å². The van der Waals surface area contributed by atoms with Crippen LogP contribution in [0.5, 0.6) is 11.5 Å². The maximum Gasteiger partial charge on any atom is 0.133 e. The summed E-state index contributed by atoms with van der Waals surface area (Å²) in [6.07, 6.45) is 3.06. The molecule has 90 valence electrons. The number of nitrogens with two attached hydrogens (primary N) is 1. The van der Waals surface area contributed by atoms with Crippen molar-refractivity contribution in [1.82, 2.24) is 0 Å². The fourth-order valence-electron chi connectivity index (χ4n) is 1.58. The number of unbranched alkanes of at least 4 members (excludes halogenated alkanes) is 1. The molecule has 16 heavy (non-hydrogen) atoms. The molecule has 0 saturated carbocycles. The van der Waals surface area contributed by atoms with Crippen molar-refractivity contribution in [2.24, 2.45) is 5.73 Å². The third-order valence-electron chi connectivity index (χ3n) is 2.46. The Morgan fingerprint density at radius 3 is 2.38 bits per heavy atom. The number of rotatable bonds is 6. The zero-order valence-electron chi connectivity index (χ0n) is 9.75. The van der Waals surface area contributed by atoms with Gasteiger partial charge in [0.05, 0.1) is 18.7 Å². The van der Waals surface area contributed by atoms with Crippen LogP contribution in [-0.2, 0) is 6.42 Å². The van der Waals surface area contributed by atoms with Crippen molar-refractivity contribution in [3.8, 4) is 11.5 Å². The van der Waals surface area contributed by atoms with Crippen LogP contribution in [0.1, 0.15) is 18.4 Å². The van der Waals surface area contributed by atoms with Gasteiger partial charge in [-0.25, -0.2) is 0 Å². The summed E-state index contributed by atoms with van der Waals surface area (Å²) in [4.78, 5) is 0. The summed E-state index contributed by atoms with van der Waals surface area (Å²) in [5.41, 5.74) is 6.64. The monoisotopic (exact) mass is 287 g/mol. The van der Waals surface area contributed by atoms with Gasteiger partial charge in [-0.05, 0) is 59.4 Å². The molecular weight excluding hydrogens is 270 g/mol. The van der Waals surface area contributed by atoms with Gasteiger partial charge < -0.3 is 15.2 Å². The molecule has 0 bridgehead atoms. The Labute approximate surface area is 105 Å². The van der Waals surface area contributed by atoms with Gasteiger partial charge in [0, 0.05) is 0 Å². The fraction of sp³-hybridized carbons (Fsp3) is 0.500. The molecule has 0 aliphatic rings. The molecule has 0 radical (unpaired) electrons. The van der Waals surface area contributed by atoms with Crippen molar-refractivity contribution >= 4 is 15.9 Å². The summed E-state index contributed by atoms with van der Waals surface area (Å²) in [5.74, 6) is 1.73. The van der Waals surface area contributed by atoms with Crippen LogP contribution in [0.3, 0.4) is 0 Å². The summed E-state index contributed by atoms with van der Waals surface area (Å²) in [5, 5.41) is 0. The highest BCUT2D eigenvalue weighted by Gasteiger charge is 2.08. The first-order valence-corrected chi connectivity index (χ1v) is 6.12. The molecule has 0 aromatic heterocycles. The van der Waals surface area contributed by atoms with E-state index in [1.807, 2.05) is 12.1 Å². The molecule has 4 heteroatoms. The van der Waals surface area contributed by atoms with Gasteiger partial charge in [-0.3, -0.25) is 0 Å². The molecule has 0 amide bonds. The Morgan fingerprint density at radius 2 is 1.81 bits per heavy atom. The molecular formula is C12H18BrNO2. The lowest BCUT2D eigenvalue weighted by atomic mass is 10.1. The zero-order chi connectivity index (χ0) is 12.0. The first-order chi connectivity index (χ1) is 7.72. The summed E-state index contributed by atoms with van der Waals surface area (Å²) in [7, 11) is 3.34. The van der Waals surface area contributed by atoms with E-state index in [9.17, 15) is 0 Å². The molecule has 0 saturated heterocycles. The number of methoxy groups -OCH3 is 2. The highest BCUT2D eigenvalue weighted by molar-refractivity contribution is 9.10. The largest absolute Gasteiger partial charge is 0.496 e. The molecule has 0 heterocycles. The van der Waals surface area contributed by atoms with E-state index in [-0.39, 0.29) is 0 Å². The van der Waals surface area contributed by atoms with Crippen molar-refractivity contribution in [2.45, 2.75) is 19.3 Å². The molecule has 0 unspecified atom stereocenters. The molecule has 0 atom stereocenters. The van der Waals surface area contributed by atoms with Gasteiger partial charge >= 0.3 is 0 Å². The van der Waals surface area contributed by atoms with Crippen LogP contribution in [-0.4, -0.2) is 20.8 Å². The van der Waals surface area contributed by atoms with Crippen LogP contribution < -0.4 is 15.2 Å². The molecule has 1 aromatic rings. The Kier molecular flexibility index (Phi) is 5.63. The van der Waals surface area contributed by atoms with Gasteiger partial charge in [-0.15, -0.1) is 0 Å². The standard InChI is InChI=1S/C12H18BrNO2/c1-15-11-8-10(13)12(16-2)7-9(11)5-3-4-6-14/h7-8H,3-6,14H2,1-2H3. The fourth-order valence-corrected chi connectivity index (χ4v) is 2.06. The second-order valence-corrected chi connectivity index (χ2v) is 4.40. The van der Waals surface area contributed by atoms with Crippen LogP contribution in [0.2, 0.25) is 0 Å². The number of ether oxygens (including phenoxy) is 2. The predicted molar refractivity (Wildman–Crippen MR) is 69.2 cm³/mol. The van der Waals surface area contributed by atoms with Crippen molar-refractivity contribution < 1.29 is 9.47 Å². The Morgan fingerprint density at radius 1 is 1.12 bits per heavy atom. The van der Waals surface area contributed by atoms with E-state index < -0.39 is 0 Å². The first kappa shape index (κ1) is 13.3. The molecule has 1 aromatic carbocycles. The van der Waals surface area contributed by atoms with Crippen LogP contribution in [0, 0.1) is 0 Å². The van der Waals surface area contributed by atoms with Crippen molar-refractivity contribution in [3.05, 3.63) is 22.2 Å². The summed E-state index contributed by atoms with van der Waals surface area (Å²) >= 11 is 3.44. The Balaban J connectivity index is 2.86. The van der Waals surface area contributed by atoms with E-state index in [0.717, 1.165) is 47.3 Å². The van der Waals surface area contributed by atoms with E-state index in [1.165, 1.54) is 0 Å². The van der Waals surface area contributed by atoms with Crippen molar-refractivity contribution in [1.29, 1.82) is 0 Å². The second kappa shape index (κ2) is 6.76. The predicted octanol–water partition coefficient (Wildman–Crippen LogP) is 2.75. The molecule has 0 spiro atoms. The SMILES string of the molecule is COc1cc(CCCCN)c(OC)cc1Br. The summed E-state index contributed by atoms with van der Waals surface area (Å²) < 4.78 is 11.5. The second-order valence-electron chi connectivity index (χ2n) is 3.54. The number of aryl methyl sites for hydroxylation is 1. The lowest BCUT2D eigenvalue weighted by molar-refractivity contribution is 0.396. The van der Waals surface area contributed by atoms with Crippen molar-refractivity contribution in [2.75, 3.05) is 20.8 Å². The van der Waals surface area contributed by atoms with Gasteiger partial charge in [-0.2, -0.15) is 0 Å². The minimum Gasteiger partial charge on any atom is -0.496 e. The van der Waals surface area contributed by atoms with Gasteiger partial charge in [0.1, 0.15) is 11.5 Å². The van der Waals surface area contributed by atoms with Gasteiger partial charge in [0.25, 0.3) is 0 Å². The maximum atomic E-state index is 5.48. The maximum absolute atomic E-state index is 5.48. The lowest BCUT2D eigenvalue weighted by Crippen LogP contribution is -2.00. The highest BCUT2D eigenvalue weighted by atomic mass is 79.9. The van der Waals surface area contributed by atoms with E-state index in [2.05, 4.69) is 15.9 Å². The van der Waals surface area contributed by atoms with E-state index >= 15 is 0 Å². The minimum absolute atomic E-state index is 0.732. The number of halogens is 1. The smallest absolute Gasteiger partial charge is 0.133 e. The van der Waals surface area contributed by atoms with Gasteiger partial charge in [-0.1, -0.05) is 0 Å². The van der Waals surface area contributed by atoms with E-state index in [4.69, 9.17) is 15.2 Å². The molecule has 0 aliphatic heterocycles. The van der Waals surface area contributed by atoms with Gasteiger partial charge in [0.2, 0.25) is 0 Å². The highest BCUT2D eigenvalue weighted by Crippen LogP contribution is 2.33. The quantitative estimate of drug-likeness (QED) is 0.819. The average molecular weight is 288 g/mol. The zero-order valence-corrected chi connectivity index (χ0v) is 11.3. The topological polar surface area (TPSA) is 44.5 Å². The summed E-state index contributed by atoms with van der Waals surface area (Å²) in [6, 6.07) is 3.95. The molecule has 3 nitrogen and oxygen atoms in total. The van der Waals surface area contributed by atoms with Crippen LogP contribution in [0.15, 0.2) is 16.6 Å². The number of benzene rings is 1. The molecule has 1 rings (SSSR count). The minimum atomic E-state index is 0.732. The average Bonchev–Trinajstić information content (AvgIpc) is 2.30. The third kappa shape index (κ3) is 3.39. The third-order valence-corrected chi connectivity index (χ3v) is 3.07. The van der Waals surface area contributed by atoms with Crippen LogP contribution >= 0.6 is 15.9 Å². The van der Waals surface area contributed by atoms with E-state index in [0.29, 0.717) is 0 Å². The molecule has 2 N–H and O–H groups in total. The van der Waals surface area contributed by atoms with Crippen molar-refractivity contribution in [3.63, 3.8) is 0 Å².